The maximum Gasteiger partial charge on any atom is 0.248 e. The minimum Gasteiger partial charge on any atom is -0.372 e. The van der Waals surface area contributed by atoms with E-state index in [0.717, 1.165) is 32.2 Å². The molecule has 2 saturated heterocycles. The Balaban J connectivity index is 1.62. The number of rotatable bonds is 5. The van der Waals surface area contributed by atoms with Gasteiger partial charge in [0.25, 0.3) is 0 Å². The van der Waals surface area contributed by atoms with Gasteiger partial charge < -0.3 is 14.5 Å². The van der Waals surface area contributed by atoms with E-state index in [-0.39, 0.29) is 23.8 Å². The van der Waals surface area contributed by atoms with Gasteiger partial charge in [0.05, 0.1) is 5.41 Å². The highest BCUT2D eigenvalue weighted by atomic mass is 16.5. The van der Waals surface area contributed by atoms with E-state index in [4.69, 9.17) is 4.74 Å². The van der Waals surface area contributed by atoms with E-state index in [1.54, 1.807) is 0 Å². The Hall–Kier alpha value is -1.88. The molecule has 0 atom stereocenters. The molecule has 2 fully saturated rings. The standard InChI is InChI=1S/C21H30N2O3/c1-3-26-16-19(24)22-12-9-21(10-13-22)8-5-11-23(20(21)25)15-18-7-4-6-17(2)14-18/h4,6-7,14H,3,5,8-13,15-16H2,1-2H3. The average Bonchev–Trinajstić information content (AvgIpc) is 2.64. The van der Waals surface area contributed by atoms with Crippen LogP contribution in [-0.2, 0) is 20.9 Å². The highest BCUT2D eigenvalue weighted by Crippen LogP contribution is 2.41. The molecule has 142 valence electrons. The Kier molecular flexibility index (Phi) is 5.97. The lowest BCUT2D eigenvalue weighted by Gasteiger charge is -2.46. The van der Waals surface area contributed by atoms with Crippen LogP contribution in [0.4, 0.5) is 0 Å². The first kappa shape index (κ1) is 18.9. The van der Waals surface area contributed by atoms with Crippen LogP contribution in [0.15, 0.2) is 24.3 Å². The van der Waals surface area contributed by atoms with Crippen molar-refractivity contribution < 1.29 is 14.3 Å². The molecule has 0 aromatic heterocycles. The van der Waals surface area contributed by atoms with Crippen LogP contribution in [0.5, 0.6) is 0 Å². The van der Waals surface area contributed by atoms with Crippen LogP contribution in [0.3, 0.4) is 0 Å². The first-order valence-corrected chi connectivity index (χ1v) is 9.74. The van der Waals surface area contributed by atoms with Crippen molar-refractivity contribution >= 4 is 11.8 Å². The van der Waals surface area contributed by atoms with Gasteiger partial charge >= 0.3 is 0 Å². The van der Waals surface area contributed by atoms with Crippen LogP contribution >= 0.6 is 0 Å². The van der Waals surface area contributed by atoms with E-state index in [1.807, 2.05) is 16.7 Å². The molecule has 0 unspecified atom stereocenters. The quantitative estimate of drug-likeness (QED) is 0.813. The summed E-state index contributed by atoms with van der Waals surface area (Å²) in [5, 5.41) is 0. The molecule has 1 spiro atoms. The summed E-state index contributed by atoms with van der Waals surface area (Å²) >= 11 is 0. The third-order valence-electron chi connectivity index (χ3n) is 5.78. The number of likely N-dealkylation sites (tertiary alicyclic amines) is 2. The van der Waals surface area contributed by atoms with E-state index in [2.05, 4.69) is 31.2 Å². The highest BCUT2D eigenvalue weighted by molar-refractivity contribution is 5.84. The number of carbonyl (C=O) groups excluding carboxylic acids is 2. The summed E-state index contributed by atoms with van der Waals surface area (Å²) in [6.07, 6.45) is 3.54. The predicted molar refractivity (Wildman–Crippen MR) is 101 cm³/mol. The highest BCUT2D eigenvalue weighted by Gasteiger charge is 2.46. The number of nitrogens with zero attached hydrogens (tertiary/aromatic N) is 2. The summed E-state index contributed by atoms with van der Waals surface area (Å²) in [4.78, 5) is 29.3. The Bertz CT molecular complexity index is 650. The number of amides is 2. The molecular weight excluding hydrogens is 328 g/mol. The molecule has 1 aromatic rings. The molecule has 5 nitrogen and oxygen atoms in total. The zero-order valence-electron chi connectivity index (χ0n) is 16.0. The largest absolute Gasteiger partial charge is 0.372 e. The molecule has 0 bridgehead atoms. The molecule has 3 rings (SSSR count). The van der Waals surface area contributed by atoms with Crippen LogP contribution in [0.2, 0.25) is 0 Å². The van der Waals surface area contributed by atoms with Crippen molar-refractivity contribution in [3.63, 3.8) is 0 Å². The summed E-state index contributed by atoms with van der Waals surface area (Å²) in [7, 11) is 0. The molecule has 2 amide bonds. The molecule has 0 aliphatic carbocycles. The van der Waals surface area contributed by atoms with Crippen LogP contribution in [0.1, 0.15) is 43.7 Å². The van der Waals surface area contributed by atoms with E-state index in [9.17, 15) is 9.59 Å². The third-order valence-corrected chi connectivity index (χ3v) is 5.78. The van der Waals surface area contributed by atoms with Crippen LogP contribution in [-0.4, -0.2) is 54.5 Å². The second kappa shape index (κ2) is 8.21. The van der Waals surface area contributed by atoms with Gasteiger partial charge in [0.2, 0.25) is 11.8 Å². The summed E-state index contributed by atoms with van der Waals surface area (Å²) in [6.45, 7) is 7.52. The number of ether oxygens (including phenoxy) is 1. The molecule has 0 saturated carbocycles. The number of benzene rings is 1. The van der Waals surface area contributed by atoms with Crippen molar-refractivity contribution in [2.75, 3.05) is 32.8 Å². The van der Waals surface area contributed by atoms with Gasteiger partial charge in [-0.15, -0.1) is 0 Å². The smallest absolute Gasteiger partial charge is 0.248 e. The van der Waals surface area contributed by atoms with Crippen LogP contribution < -0.4 is 0 Å². The van der Waals surface area contributed by atoms with Crippen molar-refractivity contribution in [3.8, 4) is 0 Å². The number of hydrogen-bond donors (Lipinski definition) is 0. The number of hydrogen-bond acceptors (Lipinski definition) is 3. The molecule has 2 aliphatic rings. The zero-order valence-corrected chi connectivity index (χ0v) is 16.0. The van der Waals surface area contributed by atoms with E-state index in [0.29, 0.717) is 26.2 Å². The van der Waals surface area contributed by atoms with Gasteiger partial charge in [0, 0.05) is 32.8 Å². The maximum absolute atomic E-state index is 13.2. The maximum atomic E-state index is 13.2. The van der Waals surface area contributed by atoms with E-state index >= 15 is 0 Å². The summed E-state index contributed by atoms with van der Waals surface area (Å²) < 4.78 is 5.23. The fourth-order valence-electron chi connectivity index (χ4n) is 4.26. The molecule has 2 heterocycles. The van der Waals surface area contributed by atoms with Gasteiger partial charge in [0.15, 0.2) is 0 Å². The number of carbonyl (C=O) groups is 2. The zero-order chi connectivity index (χ0) is 18.6. The molecule has 0 N–H and O–H groups in total. The summed E-state index contributed by atoms with van der Waals surface area (Å²) in [6, 6.07) is 8.38. The van der Waals surface area contributed by atoms with E-state index in [1.165, 1.54) is 11.1 Å². The van der Waals surface area contributed by atoms with E-state index < -0.39 is 0 Å². The molecule has 0 radical (unpaired) electrons. The van der Waals surface area contributed by atoms with Gasteiger partial charge in [-0.3, -0.25) is 9.59 Å². The van der Waals surface area contributed by atoms with Crippen molar-refractivity contribution in [3.05, 3.63) is 35.4 Å². The van der Waals surface area contributed by atoms with Gasteiger partial charge in [-0.05, 0) is 45.1 Å². The van der Waals surface area contributed by atoms with Crippen molar-refractivity contribution in [1.82, 2.24) is 9.80 Å². The molecule has 26 heavy (non-hydrogen) atoms. The monoisotopic (exact) mass is 358 g/mol. The third kappa shape index (κ3) is 4.09. The van der Waals surface area contributed by atoms with Crippen LogP contribution in [0, 0.1) is 12.3 Å². The van der Waals surface area contributed by atoms with Gasteiger partial charge in [-0.25, -0.2) is 0 Å². The van der Waals surface area contributed by atoms with Gasteiger partial charge in [-0.2, -0.15) is 0 Å². The number of aryl methyl sites for hydroxylation is 1. The second-order valence-corrected chi connectivity index (χ2v) is 7.62. The van der Waals surface area contributed by atoms with Crippen LogP contribution in [0.25, 0.3) is 0 Å². The molecule has 2 aliphatic heterocycles. The second-order valence-electron chi connectivity index (χ2n) is 7.62. The topological polar surface area (TPSA) is 49.9 Å². The molecular formula is C21H30N2O3. The molecule has 1 aromatic carbocycles. The first-order valence-electron chi connectivity index (χ1n) is 9.74. The fourth-order valence-corrected chi connectivity index (χ4v) is 4.26. The first-order chi connectivity index (χ1) is 12.5. The van der Waals surface area contributed by atoms with Crippen molar-refractivity contribution in [2.45, 2.75) is 46.1 Å². The SMILES string of the molecule is CCOCC(=O)N1CCC2(CCCN(Cc3cccc(C)c3)C2=O)CC1. The number of piperidine rings is 2. The lowest BCUT2D eigenvalue weighted by Crippen LogP contribution is -2.54. The molecule has 5 heteroatoms. The minimum absolute atomic E-state index is 0.0431. The normalized spacial score (nSPS) is 19.8. The minimum atomic E-state index is -0.273. The predicted octanol–water partition coefficient (Wildman–Crippen LogP) is 2.76. The average molecular weight is 358 g/mol. The Morgan fingerprint density at radius 2 is 1.96 bits per heavy atom. The Morgan fingerprint density at radius 1 is 1.19 bits per heavy atom. The lowest BCUT2D eigenvalue weighted by atomic mass is 9.71. The summed E-state index contributed by atoms with van der Waals surface area (Å²) in [5.41, 5.74) is 2.15. The Labute approximate surface area is 156 Å². The van der Waals surface area contributed by atoms with Crippen molar-refractivity contribution in [2.24, 2.45) is 5.41 Å². The fraction of sp³-hybridized carbons (Fsp3) is 0.619. The van der Waals surface area contributed by atoms with Gasteiger partial charge in [-0.1, -0.05) is 29.8 Å². The Morgan fingerprint density at radius 3 is 2.65 bits per heavy atom. The lowest BCUT2D eigenvalue weighted by molar-refractivity contribution is -0.154. The van der Waals surface area contributed by atoms with Crippen molar-refractivity contribution in [1.29, 1.82) is 0 Å². The summed E-state index contributed by atoms with van der Waals surface area (Å²) in [5.74, 6) is 0.323. The van der Waals surface area contributed by atoms with Gasteiger partial charge in [0.1, 0.15) is 6.61 Å².